The summed E-state index contributed by atoms with van der Waals surface area (Å²) in [4.78, 5) is 72.5. The van der Waals surface area contributed by atoms with Crippen LogP contribution in [0.5, 0.6) is 0 Å². The summed E-state index contributed by atoms with van der Waals surface area (Å²) in [5, 5.41) is 5.57. The SMILES string of the molecule is C=C(C)C(=O)OC(CCC)CC(=O)CCOC(=O)NC1CCC(NC(=O)OCCC(=O)CC(CCC)OC(=O)C(=C)C)CC1. The van der Waals surface area contributed by atoms with E-state index in [-0.39, 0.29) is 73.7 Å². The smallest absolute Gasteiger partial charge is 0.407 e. The lowest BCUT2D eigenvalue weighted by molar-refractivity contribution is -0.147. The summed E-state index contributed by atoms with van der Waals surface area (Å²) in [6.07, 6.45) is 2.92. The van der Waals surface area contributed by atoms with Gasteiger partial charge in [-0.3, -0.25) is 9.59 Å². The van der Waals surface area contributed by atoms with Crippen molar-refractivity contribution in [1.82, 2.24) is 10.6 Å². The Balaban J connectivity index is 2.26. The summed E-state index contributed by atoms with van der Waals surface area (Å²) in [5.74, 6) is -1.40. The highest BCUT2D eigenvalue weighted by Crippen LogP contribution is 2.19. The maximum atomic E-state index is 12.3. The summed E-state index contributed by atoms with van der Waals surface area (Å²) in [6.45, 7) is 13.9. The van der Waals surface area contributed by atoms with Gasteiger partial charge in [0.1, 0.15) is 37.0 Å². The molecule has 0 saturated heterocycles. The number of amides is 2. The van der Waals surface area contributed by atoms with E-state index in [2.05, 4.69) is 23.8 Å². The largest absolute Gasteiger partial charge is 0.459 e. The minimum atomic E-state index is -0.618. The van der Waals surface area contributed by atoms with E-state index in [1.54, 1.807) is 13.8 Å². The van der Waals surface area contributed by atoms with Crippen LogP contribution in [0, 0.1) is 0 Å². The number of hydrogen-bond acceptors (Lipinski definition) is 10. The summed E-state index contributed by atoms with van der Waals surface area (Å²) in [7, 11) is 0. The lowest BCUT2D eigenvalue weighted by Crippen LogP contribution is -2.44. The molecule has 2 atom stereocenters. The lowest BCUT2D eigenvalue weighted by atomic mass is 9.91. The fourth-order valence-corrected chi connectivity index (χ4v) is 4.58. The van der Waals surface area contributed by atoms with Gasteiger partial charge in [-0.2, -0.15) is 0 Å². The number of alkyl carbamates (subject to hydrolysis) is 2. The molecule has 0 bridgehead atoms. The molecule has 12 heteroatoms. The van der Waals surface area contributed by atoms with Crippen LogP contribution in [-0.4, -0.2) is 73.2 Å². The Morgan fingerprint density at radius 2 is 1.00 bits per heavy atom. The molecule has 1 rings (SSSR count). The van der Waals surface area contributed by atoms with E-state index in [0.29, 0.717) is 38.5 Å². The highest BCUT2D eigenvalue weighted by Gasteiger charge is 2.25. The third-order valence-corrected chi connectivity index (χ3v) is 6.98. The van der Waals surface area contributed by atoms with Crippen molar-refractivity contribution in [2.45, 2.75) is 129 Å². The molecule has 0 aromatic rings. The summed E-state index contributed by atoms with van der Waals surface area (Å²) in [6, 6.07) is -0.258. The van der Waals surface area contributed by atoms with Gasteiger partial charge >= 0.3 is 24.1 Å². The van der Waals surface area contributed by atoms with Crippen LogP contribution in [0.1, 0.15) is 105 Å². The molecule has 1 aliphatic carbocycles. The molecular weight excluding hydrogens is 572 g/mol. The van der Waals surface area contributed by atoms with Gasteiger partial charge in [-0.15, -0.1) is 0 Å². The van der Waals surface area contributed by atoms with Gasteiger partial charge in [-0.1, -0.05) is 39.8 Å². The number of hydrogen-bond donors (Lipinski definition) is 2. The van der Waals surface area contributed by atoms with E-state index in [4.69, 9.17) is 18.9 Å². The van der Waals surface area contributed by atoms with Crippen LogP contribution in [0.15, 0.2) is 24.3 Å². The molecule has 248 valence electrons. The lowest BCUT2D eigenvalue weighted by Gasteiger charge is -2.29. The first-order chi connectivity index (χ1) is 20.8. The van der Waals surface area contributed by atoms with Crippen molar-refractivity contribution in [2.24, 2.45) is 0 Å². The number of esters is 2. The second kappa shape index (κ2) is 21.1. The van der Waals surface area contributed by atoms with Crippen LogP contribution >= 0.6 is 0 Å². The van der Waals surface area contributed by atoms with Gasteiger partial charge in [0.15, 0.2) is 0 Å². The topological polar surface area (TPSA) is 163 Å². The predicted molar refractivity (Wildman–Crippen MR) is 163 cm³/mol. The standard InChI is InChI=1S/C32H50N2O10/c1-7-9-27(43-29(37)21(3)4)19-25(35)15-17-41-31(39)33-23-11-13-24(14-12-23)34-32(40)42-18-16-26(36)20-28(10-8-2)44-30(38)22(5)6/h23-24,27-28H,3,5,7-20H2,1-2,4,6H3,(H,33,39)(H,34,40). The second-order valence-corrected chi connectivity index (χ2v) is 11.3. The van der Waals surface area contributed by atoms with Crippen molar-refractivity contribution in [1.29, 1.82) is 0 Å². The van der Waals surface area contributed by atoms with Gasteiger partial charge in [0.05, 0.1) is 0 Å². The van der Waals surface area contributed by atoms with Crippen molar-refractivity contribution < 1.29 is 47.7 Å². The molecule has 2 N–H and O–H groups in total. The van der Waals surface area contributed by atoms with E-state index >= 15 is 0 Å². The number of ether oxygens (including phenoxy) is 4. The molecule has 1 saturated carbocycles. The maximum absolute atomic E-state index is 12.3. The quantitative estimate of drug-likeness (QED) is 0.107. The number of ketones is 2. The molecule has 1 aliphatic rings. The van der Waals surface area contributed by atoms with Crippen molar-refractivity contribution in [3.63, 3.8) is 0 Å². The molecule has 1 fully saturated rings. The number of carbonyl (C=O) groups is 6. The minimum absolute atomic E-state index is 0.0183. The molecule has 0 heterocycles. The summed E-state index contributed by atoms with van der Waals surface area (Å²) >= 11 is 0. The molecule has 0 radical (unpaired) electrons. The van der Waals surface area contributed by atoms with E-state index in [0.717, 1.165) is 12.8 Å². The Morgan fingerprint density at radius 1 is 0.659 bits per heavy atom. The van der Waals surface area contributed by atoms with Crippen molar-refractivity contribution in [3.8, 4) is 0 Å². The number of rotatable bonds is 20. The first kappa shape index (κ1) is 38.3. The van der Waals surface area contributed by atoms with Crippen LogP contribution in [-0.2, 0) is 38.1 Å². The zero-order valence-corrected chi connectivity index (χ0v) is 26.7. The molecule has 0 aliphatic heterocycles. The first-order valence-corrected chi connectivity index (χ1v) is 15.5. The summed E-state index contributed by atoms with van der Waals surface area (Å²) < 4.78 is 20.9. The van der Waals surface area contributed by atoms with Gasteiger partial charge < -0.3 is 29.6 Å². The van der Waals surface area contributed by atoms with E-state index in [9.17, 15) is 28.8 Å². The molecule has 12 nitrogen and oxygen atoms in total. The van der Waals surface area contributed by atoms with Gasteiger partial charge in [0, 0.05) is 48.9 Å². The molecule has 2 amide bonds. The van der Waals surface area contributed by atoms with Crippen LogP contribution in [0.3, 0.4) is 0 Å². The zero-order valence-electron chi connectivity index (χ0n) is 26.7. The number of carbonyl (C=O) groups excluding carboxylic acids is 6. The Morgan fingerprint density at radius 3 is 1.30 bits per heavy atom. The molecule has 2 unspecified atom stereocenters. The van der Waals surface area contributed by atoms with Crippen LogP contribution in [0.25, 0.3) is 0 Å². The van der Waals surface area contributed by atoms with Gasteiger partial charge in [-0.05, 0) is 52.4 Å². The van der Waals surface area contributed by atoms with E-state index in [1.807, 2.05) is 13.8 Å². The van der Waals surface area contributed by atoms with Crippen molar-refractivity contribution >= 4 is 35.7 Å². The van der Waals surface area contributed by atoms with Crippen molar-refractivity contribution in [3.05, 3.63) is 24.3 Å². The Kier molecular flexibility index (Phi) is 18.4. The minimum Gasteiger partial charge on any atom is -0.459 e. The summed E-state index contributed by atoms with van der Waals surface area (Å²) in [5.41, 5.74) is 0.538. The highest BCUT2D eigenvalue weighted by molar-refractivity contribution is 5.88. The van der Waals surface area contributed by atoms with Crippen LogP contribution < -0.4 is 10.6 Å². The molecule has 44 heavy (non-hydrogen) atoms. The number of nitrogens with one attached hydrogen (secondary N) is 2. The van der Waals surface area contributed by atoms with Gasteiger partial charge in [-0.25, -0.2) is 19.2 Å². The zero-order chi connectivity index (χ0) is 33.1. The second-order valence-electron chi connectivity index (χ2n) is 11.3. The van der Waals surface area contributed by atoms with E-state index in [1.165, 1.54) is 0 Å². The van der Waals surface area contributed by atoms with E-state index < -0.39 is 36.3 Å². The third-order valence-electron chi connectivity index (χ3n) is 6.98. The van der Waals surface area contributed by atoms with Gasteiger partial charge in [0.2, 0.25) is 0 Å². The van der Waals surface area contributed by atoms with Crippen LogP contribution in [0.4, 0.5) is 9.59 Å². The maximum Gasteiger partial charge on any atom is 0.407 e. The average Bonchev–Trinajstić information content (AvgIpc) is 2.94. The Labute approximate surface area is 260 Å². The predicted octanol–water partition coefficient (Wildman–Crippen LogP) is 5.02. The average molecular weight is 623 g/mol. The Hall–Kier alpha value is -3.70. The molecular formula is C32H50N2O10. The van der Waals surface area contributed by atoms with Crippen LogP contribution in [0.2, 0.25) is 0 Å². The molecule has 0 aromatic carbocycles. The van der Waals surface area contributed by atoms with Gasteiger partial charge in [0.25, 0.3) is 0 Å². The molecule has 0 aromatic heterocycles. The Bertz CT molecular complexity index is 937. The highest BCUT2D eigenvalue weighted by atomic mass is 16.6. The monoisotopic (exact) mass is 622 g/mol. The van der Waals surface area contributed by atoms with Crippen molar-refractivity contribution in [2.75, 3.05) is 13.2 Å². The third kappa shape index (κ3) is 16.8. The first-order valence-electron chi connectivity index (χ1n) is 15.5. The fraction of sp³-hybridized carbons (Fsp3) is 0.688. The fourth-order valence-electron chi connectivity index (χ4n) is 4.58. The normalized spacial score (nSPS) is 17.3. The number of Topliss-reactive ketones (excluding diaryl/α,β-unsaturated/α-hetero) is 2. The molecule has 0 spiro atoms.